The van der Waals surface area contributed by atoms with Gasteiger partial charge in [-0.05, 0) is 85.9 Å². The first-order chi connectivity index (χ1) is 23.5. The molecule has 14 heteroatoms. The van der Waals surface area contributed by atoms with Crippen molar-refractivity contribution in [2.45, 2.75) is 146 Å². The largest absolute Gasteiger partial charge is 0.445 e. The molecular weight excluding hydrogens is 648 g/mol. The van der Waals surface area contributed by atoms with Crippen molar-refractivity contribution in [2.75, 3.05) is 39.3 Å². The number of amides is 1. The number of rotatable bonds is 7. The molecular formula is C36H58N4O10. The van der Waals surface area contributed by atoms with Crippen LogP contribution in [0.15, 0.2) is 30.3 Å². The molecule has 6 aliphatic heterocycles. The summed E-state index contributed by atoms with van der Waals surface area (Å²) in [6, 6.07) is 9.63. The minimum absolute atomic E-state index is 0.0571. The van der Waals surface area contributed by atoms with Crippen LogP contribution in [0.4, 0.5) is 4.79 Å². The molecule has 7 rings (SSSR count). The van der Waals surface area contributed by atoms with Gasteiger partial charge in [0.05, 0.1) is 0 Å². The number of carbonyl (C=O) groups excluding carboxylic acids is 1. The van der Waals surface area contributed by atoms with Gasteiger partial charge < -0.3 is 64.2 Å². The number of piperidine rings is 2. The second-order valence-corrected chi connectivity index (χ2v) is 16.3. The number of benzene rings is 1. The highest BCUT2D eigenvalue weighted by Gasteiger charge is 2.55. The van der Waals surface area contributed by atoms with Crippen molar-refractivity contribution < 1.29 is 48.2 Å². The fourth-order valence-electron chi connectivity index (χ4n) is 7.53. The monoisotopic (exact) mass is 706 g/mol. The molecule has 1 aromatic carbocycles. The van der Waals surface area contributed by atoms with Crippen LogP contribution in [0.1, 0.15) is 72.8 Å². The maximum absolute atomic E-state index is 12.2. The van der Waals surface area contributed by atoms with E-state index in [0.29, 0.717) is 13.1 Å². The summed E-state index contributed by atoms with van der Waals surface area (Å²) in [5, 5.41) is 23.9. The number of aliphatic hydroxyl groups excluding tert-OH is 2. The highest BCUT2D eigenvalue weighted by atomic mass is 16.8. The Morgan fingerprint density at radius 2 is 1.24 bits per heavy atom. The second kappa shape index (κ2) is 14.8. The van der Waals surface area contributed by atoms with Crippen molar-refractivity contribution >= 4 is 6.09 Å². The number of hydrogen-bond donors (Lipinski definition) is 4. The van der Waals surface area contributed by atoms with Gasteiger partial charge in [0.25, 0.3) is 0 Å². The Bertz CT molecular complexity index is 1280. The van der Waals surface area contributed by atoms with E-state index in [9.17, 15) is 15.0 Å². The van der Waals surface area contributed by atoms with Crippen molar-refractivity contribution in [3.8, 4) is 0 Å². The Morgan fingerprint density at radius 3 is 1.70 bits per heavy atom. The van der Waals surface area contributed by atoms with Gasteiger partial charge in [0.1, 0.15) is 43.2 Å². The first kappa shape index (κ1) is 37.8. The summed E-state index contributed by atoms with van der Waals surface area (Å²) in [6.45, 7) is 16.5. The molecule has 0 unspecified atom stereocenters. The smallest absolute Gasteiger partial charge is 0.407 e. The number of nitrogens with one attached hydrogen (secondary N) is 1. The molecule has 6 fully saturated rings. The highest BCUT2D eigenvalue weighted by molar-refractivity contribution is 5.68. The third kappa shape index (κ3) is 9.34. The maximum Gasteiger partial charge on any atom is 0.407 e. The van der Waals surface area contributed by atoms with Crippen LogP contribution in [0.25, 0.3) is 0 Å². The third-order valence-corrected chi connectivity index (χ3v) is 10.7. The standard InChI is InChI=1S/C22H32N2O6.C14H26N2O4/c1-21(2)29-18-17(25)16(28-19(18)30-21)13-24-11-9-22(3,10-12-24)23-20(26)27-14-15-7-5-4-6-8-15;1-13(2)19-11-10(17)9(18-12(11)20-13)8-16-6-4-14(3,15)5-7-16/h4-8,16-19,25H,9-14H2,1-3H3,(H,23,26);9-12,17H,4-8,15H2,1-3H3/t16-,17-,18-,19-;9-,10-,11-,12-/m11/s1. The van der Waals surface area contributed by atoms with E-state index in [2.05, 4.69) is 22.0 Å². The van der Waals surface area contributed by atoms with Gasteiger partial charge >= 0.3 is 6.09 Å². The van der Waals surface area contributed by atoms with E-state index in [1.54, 1.807) is 0 Å². The molecule has 0 aromatic heterocycles. The summed E-state index contributed by atoms with van der Waals surface area (Å²) >= 11 is 0. The zero-order valence-electron chi connectivity index (χ0n) is 30.4. The molecule has 8 atom stereocenters. The Balaban J connectivity index is 0.000000187. The summed E-state index contributed by atoms with van der Waals surface area (Å²) in [6.07, 6.45) is -0.574. The summed E-state index contributed by atoms with van der Waals surface area (Å²) in [7, 11) is 0. The molecule has 0 spiro atoms. The van der Waals surface area contributed by atoms with E-state index in [0.717, 1.165) is 57.4 Å². The Kier molecular flexibility index (Phi) is 11.2. The first-order valence-electron chi connectivity index (χ1n) is 18.1. The normalized spacial score (nSPS) is 37.0. The second-order valence-electron chi connectivity index (χ2n) is 16.3. The van der Waals surface area contributed by atoms with E-state index in [4.69, 9.17) is 38.9 Å². The van der Waals surface area contributed by atoms with Crippen LogP contribution in [0.2, 0.25) is 0 Å². The molecule has 0 saturated carbocycles. The summed E-state index contributed by atoms with van der Waals surface area (Å²) in [5.74, 6) is -1.40. The van der Waals surface area contributed by atoms with Crippen LogP contribution in [0.3, 0.4) is 0 Å². The van der Waals surface area contributed by atoms with E-state index in [1.165, 1.54) is 0 Å². The summed E-state index contributed by atoms with van der Waals surface area (Å²) in [4.78, 5) is 16.8. The van der Waals surface area contributed by atoms with Crippen LogP contribution in [0, 0.1) is 0 Å². The highest BCUT2D eigenvalue weighted by Crippen LogP contribution is 2.39. The van der Waals surface area contributed by atoms with Gasteiger partial charge in [-0.1, -0.05) is 30.3 Å². The Labute approximate surface area is 295 Å². The molecule has 14 nitrogen and oxygen atoms in total. The number of hydrogen-bond acceptors (Lipinski definition) is 13. The lowest BCUT2D eigenvalue weighted by molar-refractivity contribution is -0.217. The molecule has 0 radical (unpaired) electrons. The summed E-state index contributed by atoms with van der Waals surface area (Å²) < 4.78 is 39.9. The van der Waals surface area contributed by atoms with Crippen molar-refractivity contribution in [1.29, 1.82) is 0 Å². The van der Waals surface area contributed by atoms with E-state index in [1.807, 2.05) is 65.0 Å². The molecule has 1 aromatic rings. The molecule has 0 aliphatic carbocycles. The number of ether oxygens (including phenoxy) is 7. The van der Waals surface area contributed by atoms with Gasteiger partial charge in [-0.15, -0.1) is 0 Å². The predicted molar refractivity (Wildman–Crippen MR) is 182 cm³/mol. The minimum atomic E-state index is -0.727. The van der Waals surface area contributed by atoms with Gasteiger partial charge in [0.15, 0.2) is 24.2 Å². The maximum atomic E-state index is 12.2. The van der Waals surface area contributed by atoms with E-state index < -0.39 is 48.6 Å². The molecule has 50 heavy (non-hydrogen) atoms. The van der Waals surface area contributed by atoms with E-state index in [-0.39, 0.29) is 36.0 Å². The lowest BCUT2D eigenvalue weighted by Crippen LogP contribution is -2.55. The lowest BCUT2D eigenvalue weighted by Gasteiger charge is -2.40. The van der Waals surface area contributed by atoms with Crippen LogP contribution in [-0.4, -0.2) is 137 Å². The predicted octanol–water partition coefficient (Wildman–Crippen LogP) is 2.04. The number of aliphatic hydroxyl groups is 2. The van der Waals surface area contributed by atoms with Crippen LogP contribution in [-0.2, 0) is 39.8 Å². The van der Waals surface area contributed by atoms with E-state index >= 15 is 0 Å². The van der Waals surface area contributed by atoms with Crippen molar-refractivity contribution in [3.05, 3.63) is 35.9 Å². The van der Waals surface area contributed by atoms with Gasteiger partial charge in [0, 0.05) is 37.3 Å². The van der Waals surface area contributed by atoms with Gasteiger partial charge in [-0.2, -0.15) is 0 Å². The first-order valence-corrected chi connectivity index (χ1v) is 18.1. The number of likely N-dealkylation sites (tertiary alicyclic amines) is 2. The van der Waals surface area contributed by atoms with Gasteiger partial charge in [-0.3, -0.25) is 0 Å². The topological polar surface area (TPSA) is 167 Å². The number of fused-ring (bicyclic) bond motifs is 2. The quantitative estimate of drug-likeness (QED) is 0.326. The third-order valence-electron chi connectivity index (χ3n) is 10.7. The molecule has 1 amide bonds. The molecule has 6 saturated heterocycles. The van der Waals surface area contributed by atoms with Crippen molar-refractivity contribution in [3.63, 3.8) is 0 Å². The SMILES string of the molecule is CC1(N)CCN(C[C@H]2O[C@@H]3OC(C)(C)O[C@@H]3[C@@H]2O)CC1.CC1(NC(=O)OCc2ccccc2)CCN(C[C@H]2O[C@@H]3OC(C)(C)O[C@@H]3[C@@H]2O)CC1. The van der Waals surface area contributed by atoms with Crippen molar-refractivity contribution in [1.82, 2.24) is 15.1 Å². The van der Waals surface area contributed by atoms with Crippen LogP contribution >= 0.6 is 0 Å². The Hall–Kier alpha value is -1.95. The zero-order valence-corrected chi connectivity index (χ0v) is 30.4. The molecule has 6 aliphatic rings. The molecule has 6 heterocycles. The molecule has 5 N–H and O–H groups in total. The number of carbonyl (C=O) groups is 1. The fourth-order valence-corrected chi connectivity index (χ4v) is 7.53. The average molecular weight is 707 g/mol. The zero-order chi connectivity index (χ0) is 35.9. The number of nitrogens with two attached hydrogens (primary N) is 1. The minimum Gasteiger partial charge on any atom is -0.445 e. The van der Waals surface area contributed by atoms with Crippen LogP contribution in [0.5, 0.6) is 0 Å². The van der Waals surface area contributed by atoms with Crippen molar-refractivity contribution in [2.24, 2.45) is 5.73 Å². The number of nitrogens with zero attached hydrogens (tertiary/aromatic N) is 2. The molecule has 282 valence electrons. The molecule has 0 bridgehead atoms. The van der Waals surface area contributed by atoms with Crippen LogP contribution < -0.4 is 11.1 Å². The summed E-state index contributed by atoms with van der Waals surface area (Å²) in [5.41, 5.74) is 6.72. The Morgan fingerprint density at radius 1 is 0.780 bits per heavy atom. The fraction of sp³-hybridized carbons (Fsp3) is 0.806. The van der Waals surface area contributed by atoms with Gasteiger partial charge in [-0.25, -0.2) is 4.79 Å². The lowest BCUT2D eigenvalue weighted by atomic mass is 9.89. The van der Waals surface area contributed by atoms with Gasteiger partial charge in [0.2, 0.25) is 0 Å². The number of alkyl carbamates (subject to hydrolysis) is 1. The average Bonchev–Trinajstić information content (AvgIpc) is 3.71.